The Bertz CT molecular complexity index is 582. The molecule has 1 heterocycles. The molecule has 3 N–H and O–H groups in total. The van der Waals surface area contributed by atoms with Crippen LogP contribution in [0.2, 0.25) is 0 Å². The van der Waals surface area contributed by atoms with Gasteiger partial charge in [-0.25, -0.2) is 13.8 Å². The van der Waals surface area contributed by atoms with Crippen LogP contribution in [0.3, 0.4) is 0 Å². The molecule has 0 spiro atoms. The molecule has 0 atom stereocenters. The van der Waals surface area contributed by atoms with Crippen LogP contribution in [0.5, 0.6) is 0 Å². The van der Waals surface area contributed by atoms with Gasteiger partial charge in [-0.05, 0) is 12.1 Å². The van der Waals surface area contributed by atoms with Crippen molar-refractivity contribution in [2.75, 3.05) is 5.73 Å². The van der Waals surface area contributed by atoms with Crippen LogP contribution in [0.1, 0.15) is 26.5 Å². The summed E-state index contributed by atoms with van der Waals surface area (Å²) in [5.74, 6) is -1.32. The second-order valence-electron chi connectivity index (χ2n) is 5.22. The molecule has 1 aromatic heterocycles. The fourth-order valence-corrected chi connectivity index (χ4v) is 1.62. The summed E-state index contributed by atoms with van der Waals surface area (Å²) in [6.45, 7) is 5.95. The third kappa shape index (κ3) is 2.08. The third-order valence-corrected chi connectivity index (χ3v) is 2.74. The number of nitrogens with zero attached hydrogens (tertiary/aromatic N) is 1. The van der Waals surface area contributed by atoms with E-state index in [1.54, 1.807) is 6.20 Å². The fraction of sp³-hybridized carbons (Fsp3) is 0.308. The number of halogens is 2. The van der Waals surface area contributed by atoms with Crippen molar-refractivity contribution in [2.45, 2.75) is 26.2 Å². The lowest BCUT2D eigenvalue weighted by molar-refractivity contribution is 0.571. The van der Waals surface area contributed by atoms with Crippen molar-refractivity contribution < 1.29 is 8.78 Å². The topological polar surface area (TPSA) is 54.7 Å². The first-order valence-electron chi connectivity index (χ1n) is 5.60. The number of nitrogens with two attached hydrogens (primary N) is 1. The van der Waals surface area contributed by atoms with Crippen LogP contribution in [-0.2, 0) is 5.41 Å². The largest absolute Gasteiger partial charge is 0.396 e. The van der Waals surface area contributed by atoms with Gasteiger partial charge in [0, 0.05) is 17.3 Å². The van der Waals surface area contributed by atoms with E-state index in [9.17, 15) is 8.78 Å². The van der Waals surface area contributed by atoms with Gasteiger partial charge in [0.05, 0.1) is 11.3 Å². The Hall–Kier alpha value is -1.91. The number of rotatable bonds is 1. The van der Waals surface area contributed by atoms with Crippen LogP contribution in [-0.4, -0.2) is 9.97 Å². The second kappa shape index (κ2) is 4.08. The molecule has 0 unspecified atom stereocenters. The minimum absolute atomic E-state index is 0.0971. The average Bonchev–Trinajstić information content (AvgIpc) is 2.73. The van der Waals surface area contributed by atoms with E-state index in [-0.39, 0.29) is 22.5 Å². The Morgan fingerprint density at radius 2 is 1.89 bits per heavy atom. The highest BCUT2D eigenvalue weighted by molar-refractivity contribution is 5.63. The van der Waals surface area contributed by atoms with E-state index in [0.717, 1.165) is 11.8 Å². The summed E-state index contributed by atoms with van der Waals surface area (Å²) in [4.78, 5) is 6.96. The van der Waals surface area contributed by atoms with Gasteiger partial charge < -0.3 is 10.7 Å². The van der Waals surface area contributed by atoms with Crippen molar-refractivity contribution in [2.24, 2.45) is 0 Å². The number of hydrogen-bond donors (Lipinski definition) is 2. The molecule has 5 heteroatoms. The number of anilines is 1. The maximum absolute atomic E-state index is 13.8. The van der Waals surface area contributed by atoms with E-state index >= 15 is 0 Å². The van der Waals surface area contributed by atoms with Crippen LogP contribution >= 0.6 is 0 Å². The summed E-state index contributed by atoms with van der Waals surface area (Å²) >= 11 is 0. The average molecular weight is 251 g/mol. The van der Waals surface area contributed by atoms with Crippen molar-refractivity contribution in [3.63, 3.8) is 0 Å². The van der Waals surface area contributed by atoms with E-state index in [1.807, 2.05) is 20.8 Å². The fourth-order valence-electron chi connectivity index (χ4n) is 1.62. The Morgan fingerprint density at radius 3 is 2.44 bits per heavy atom. The summed E-state index contributed by atoms with van der Waals surface area (Å²) in [6.07, 6.45) is 1.58. The van der Waals surface area contributed by atoms with Crippen molar-refractivity contribution in [3.05, 3.63) is 35.7 Å². The summed E-state index contributed by atoms with van der Waals surface area (Å²) in [5.41, 5.74) is 5.76. The normalized spacial score (nSPS) is 11.8. The van der Waals surface area contributed by atoms with Crippen LogP contribution in [0.25, 0.3) is 11.4 Å². The number of H-pyrrole nitrogens is 1. The molecule has 0 bridgehead atoms. The van der Waals surface area contributed by atoms with E-state index < -0.39 is 11.6 Å². The first-order chi connectivity index (χ1) is 8.30. The molecule has 18 heavy (non-hydrogen) atoms. The van der Waals surface area contributed by atoms with Crippen molar-refractivity contribution in [1.82, 2.24) is 9.97 Å². The highest BCUT2D eigenvalue weighted by Crippen LogP contribution is 2.29. The van der Waals surface area contributed by atoms with Gasteiger partial charge in [-0.2, -0.15) is 0 Å². The molecule has 2 rings (SSSR count). The molecule has 0 fully saturated rings. The molecule has 1 aromatic carbocycles. The number of aromatic amines is 1. The molecule has 3 nitrogen and oxygen atoms in total. The van der Waals surface area contributed by atoms with Gasteiger partial charge in [0.15, 0.2) is 5.82 Å². The Kier molecular flexibility index (Phi) is 2.84. The standard InChI is InChI=1S/C13H15F2N3/c1-13(2,3)9-6-17-12(18-9)10-7(14)4-5-8(16)11(10)15/h4-6H,16H2,1-3H3,(H,17,18). The van der Waals surface area contributed by atoms with Gasteiger partial charge >= 0.3 is 0 Å². The highest BCUT2D eigenvalue weighted by atomic mass is 19.1. The molecule has 96 valence electrons. The van der Waals surface area contributed by atoms with Crippen molar-refractivity contribution in [3.8, 4) is 11.4 Å². The Balaban J connectivity index is 2.57. The number of imidazole rings is 1. The quantitative estimate of drug-likeness (QED) is 0.764. The lowest BCUT2D eigenvalue weighted by Gasteiger charge is -2.15. The maximum atomic E-state index is 13.8. The molecule has 0 saturated carbocycles. The predicted molar refractivity (Wildman–Crippen MR) is 67.1 cm³/mol. The maximum Gasteiger partial charge on any atom is 0.159 e. The summed E-state index contributed by atoms with van der Waals surface area (Å²) in [6, 6.07) is 2.33. The van der Waals surface area contributed by atoms with Crippen LogP contribution in [0, 0.1) is 11.6 Å². The summed E-state index contributed by atoms with van der Waals surface area (Å²) in [5, 5.41) is 0. The molecule has 2 aromatic rings. The molecule has 0 aliphatic heterocycles. The molecular weight excluding hydrogens is 236 g/mol. The minimum Gasteiger partial charge on any atom is -0.396 e. The number of nitrogens with one attached hydrogen (secondary N) is 1. The summed E-state index contributed by atoms with van der Waals surface area (Å²) < 4.78 is 27.5. The third-order valence-electron chi connectivity index (χ3n) is 2.74. The molecule has 0 amide bonds. The van der Waals surface area contributed by atoms with Crippen molar-refractivity contribution in [1.29, 1.82) is 0 Å². The number of aromatic nitrogens is 2. The monoisotopic (exact) mass is 251 g/mol. The van der Waals surface area contributed by atoms with Crippen LogP contribution in [0.4, 0.5) is 14.5 Å². The SMILES string of the molecule is CC(C)(C)c1cnc(-c2c(F)ccc(N)c2F)[nH]1. The number of hydrogen-bond acceptors (Lipinski definition) is 2. The molecule has 0 radical (unpaired) electrons. The zero-order valence-corrected chi connectivity index (χ0v) is 10.5. The smallest absolute Gasteiger partial charge is 0.159 e. The van der Waals surface area contributed by atoms with Crippen LogP contribution < -0.4 is 5.73 Å². The van der Waals surface area contributed by atoms with Gasteiger partial charge in [0.2, 0.25) is 0 Å². The van der Waals surface area contributed by atoms with Gasteiger partial charge in [-0.3, -0.25) is 0 Å². The Morgan fingerprint density at radius 1 is 1.22 bits per heavy atom. The van der Waals surface area contributed by atoms with Gasteiger partial charge in [-0.15, -0.1) is 0 Å². The summed E-state index contributed by atoms with van der Waals surface area (Å²) in [7, 11) is 0. The van der Waals surface area contributed by atoms with E-state index in [0.29, 0.717) is 0 Å². The molecule has 0 aliphatic carbocycles. The zero-order chi connectivity index (χ0) is 13.5. The highest BCUT2D eigenvalue weighted by Gasteiger charge is 2.21. The van der Waals surface area contributed by atoms with E-state index in [1.165, 1.54) is 6.07 Å². The lowest BCUT2D eigenvalue weighted by atomic mass is 9.93. The minimum atomic E-state index is -0.787. The van der Waals surface area contributed by atoms with E-state index in [4.69, 9.17) is 5.73 Å². The number of benzene rings is 1. The first kappa shape index (κ1) is 12.5. The van der Waals surface area contributed by atoms with Crippen LogP contribution in [0.15, 0.2) is 18.3 Å². The van der Waals surface area contributed by atoms with Gasteiger partial charge in [0.1, 0.15) is 11.6 Å². The predicted octanol–water partition coefficient (Wildman–Crippen LogP) is 3.23. The molecule has 0 saturated heterocycles. The van der Waals surface area contributed by atoms with Crippen molar-refractivity contribution >= 4 is 5.69 Å². The number of nitrogen functional groups attached to an aromatic ring is 1. The van der Waals surface area contributed by atoms with Gasteiger partial charge in [-0.1, -0.05) is 20.8 Å². The Labute approximate surface area is 104 Å². The molecule has 0 aliphatic rings. The van der Waals surface area contributed by atoms with Gasteiger partial charge in [0.25, 0.3) is 0 Å². The zero-order valence-electron chi connectivity index (χ0n) is 10.5. The lowest BCUT2D eigenvalue weighted by Crippen LogP contribution is -2.11. The van der Waals surface area contributed by atoms with E-state index in [2.05, 4.69) is 9.97 Å². The second-order valence-corrected chi connectivity index (χ2v) is 5.22. The molecular formula is C13H15F2N3. The first-order valence-corrected chi connectivity index (χ1v) is 5.60.